The molecule has 0 aliphatic carbocycles. The maximum Gasteiger partial charge on any atom is 0.276 e. The summed E-state index contributed by atoms with van der Waals surface area (Å²) >= 11 is 0. The number of nitrogens with two attached hydrogens (primary N) is 1. The Morgan fingerprint density at radius 1 is 1.12 bits per heavy atom. The van der Waals surface area contributed by atoms with E-state index in [1.54, 1.807) is 11.1 Å². The highest BCUT2D eigenvalue weighted by Crippen LogP contribution is 2.30. The highest BCUT2D eigenvalue weighted by molar-refractivity contribution is 5.96. The number of nitrogens with zero attached hydrogens (tertiary/aromatic N) is 5. The number of rotatable bonds is 4. The lowest BCUT2D eigenvalue weighted by Gasteiger charge is -2.22. The van der Waals surface area contributed by atoms with Gasteiger partial charge in [-0.1, -0.05) is 0 Å². The Morgan fingerprint density at radius 3 is 2.73 bits per heavy atom. The lowest BCUT2D eigenvalue weighted by molar-refractivity contribution is 0.0767. The average molecular weight is 354 g/mol. The quantitative estimate of drug-likeness (QED) is 0.885. The SMILES string of the molecule is Nc1nccnc1C(=O)N1CCC(Oc2cccnc2N2CCCC2)C1. The van der Waals surface area contributed by atoms with Crippen LogP contribution in [0.4, 0.5) is 11.6 Å². The molecule has 1 unspecified atom stereocenters. The maximum atomic E-state index is 12.6. The summed E-state index contributed by atoms with van der Waals surface area (Å²) in [7, 11) is 0. The molecule has 4 heterocycles. The van der Waals surface area contributed by atoms with Gasteiger partial charge in [-0.2, -0.15) is 0 Å². The minimum Gasteiger partial charge on any atom is -0.485 e. The van der Waals surface area contributed by atoms with E-state index in [0.29, 0.717) is 13.1 Å². The molecule has 8 nitrogen and oxygen atoms in total. The minimum atomic E-state index is -0.201. The number of hydrogen-bond donors (Lipinski definition) is 1. The van der Waals surface area contributed by atoms with E-state index in [1.165, 1.54) is 25.2 Å². The summed E-state index contributed by atoms with van der Waals surface area (Å²) in [6, 6.07) is 3.83. The predicted octanol–water partition coefficient (Wildman–Crippen LogP) is 1.35. The van der Waals surface area contributed by atoms with E-state index in [0.717, 1.165) is 31.1 Å². The van der Waals surface area contributed by atoms with Gasteiger partial charge in [-0.15, -0.1) is 0 Å². The zero-order chi connectivity index (χ0) is 17.9. The van der Waals surface area contributed by atoms with Gasteiger partial charge in [-0.3, -0.25) is 4.79 Å². The molecule has 0 radical (unpaired) electrons. The summed E-state index contributed by atoms with van der Waals surface area (Å²) in [5, 5.41) is 0. The summed E-state index contributed by atoms with van der Waals surface area (Å²) < 4.78 is 6.20. The molecule has 0 aromatic carbocycles. The van der Waals surface area contributed by atoms with Crippen LogP contribution in [-0.4, -0.2) is 58.0 Å². The van der Waals surface area contributed by atoms with Crippen molar-refractivity contribution in [3.63, 3.8) is 0 Å². The summed E-state index contributed by atoms with van der Waals surface area (Å²) in [5.41, 5.74) is 5.97. The van der Waals surface area contributed by atoms with E-state index in [2.05, 4.69) is 19.9 Å². The van der Waals surface area contributed by atoms with Crippen molar-refractivity contribution >= 4 is 17.5 Å². The van der Waals surface area contributed by atoms with Gasteiger partial charge in [0, 0.05) is 44.6 Å². The van der Waals surface area contributed by atoms with Crippen molar-refractivity contribution in [3.8, 4) is 5.75 Å². The summed E-state index contributed by atoms with van der Waals surface area (Å²) in [4.78, 5) is 29.1. The molecule has 2 saturated heterocycles. The summed E-state index contributed by atoms with van der Waals surface area (Å²) in [5.74, 6) is 1.64. The van der Waals surface area contributed by atoms with Gasteiger partial charge >= 0.3 is 0 Å². The van der Waals surface area contributed by atoms with Gasteiger partial charge in [0.15, 0.2) is 23.1 Å². The molecule has 4 rings (SSSR count). The second-order valence-corrected chi connectivity index (χ2v) is 6.59. The van der Waals surface area contributed by atoms with Gasteiger partial charge in [-0.25, -0.2) is 15.0 Å². The molecule has 26 heavy (non-hydrogen) atoms. The molecular weight excluding hydrogens is 332 g/mol. The van der Waals surface area contributed by atoms with Crippen LogP contribution in [0.3, 0.4) is 0 Å². The van der Waals surface area contributed by atoms with Crippen LogP contribution in [0.1, 0.15) is 29.8 Å². The van der Waals surface area contributed by atoms with Crippen LogP contribution < -0.4 is 15.4 Å². The number of nitrogen functional groups attached to an aromatic ring is 1. The number of amides is 1. The van der Waals surface area contributed by atoms with Gasteiger partial charge in [0.2, 0.25) is 0 Å². The Morgan fingerprint density at radius 2 is 1.92 bits per heavy atom. The first kappa shape index (κ1) is 16.6. The number of likely N-dealkylation sites (tertiary alicyclic amines) is 1. The third-order valence-corrected chi connectivity index (χ3v) is 4.81. The second-order valence-electron chi connectivity index (χ2n) is 6.59. The molecule has 2 aliphatic rings. The topological polar surface area (TPSA) is 97.5 Å². The first-order chi connectivity index (χ1) is 12.7. The Balaban J connectivity index is 1.44. The first-order valence-electron chi connectivity index (χ1n) is 8.95. The van der Waals surface area contributed by atoms with Crippen molar-refractivity contribution in [1.82, 2.24) is 19.9 Å². The van der Waals surface area contributed by atoms with Crippen molar-refractivity contribution in [3.05, 3.63) is 36.4 Å². The van der Waals surface area contributed by atoms with E-state index < -0.39 is 0 Å². The minimum absolute atomic E-state index is 0.0672. The van der Waals surface area contributed by atoms with E-state index in [1.807, 2.05) is 12.1 Å². The fourth-order valence-corrected chi connectivity index (χ4v) is 3.49. The monoisotopic (exact) mass is 354 g/mol. The fourth-order valence-electron chi connectivity index (χ4n) is 3.49. The standard InChI is InChI=1S/C18H22N6O2/c19-16-15(20-7-8-21-16)18(25)24-11-5-13(12-24)26-14-4-3-6-22-17(14)23-9-1-2-10-23/h3-4,6-8,13H,1-2,5,9-12H2,(H2,19,21). The van der Waals surface area contributed by atoms with Crippen molar-refractivity contribution < 1.29 is 9.53 Å². The molecule has 0 bridgehead atoms. The lowest BCUT2D eigenvalue weighted by Crippen LogP contribution is -2.32. The van der Waals surface area contributed by atoms with Gasteiger partial charge in [0.25, 0.3) is 5.91 Å². The number of carbonyl (C=O) groups is 1. The molecular formula is C18H22N6O2. The first-order valence-corrected chi connectivity index (χ1v) is 8.95. The van der Waals surface area contributed by atoms with Gasteiger partial charge in [0.05, 0.1) is 6.54 Å². The van der Waals surface area contributed by atoms with Crippen molar-refractivity contribution in [2.75, 3.05) is 36.8 Å². The molecule has 136 valence electrons. The fraction of sp³-hybridized carbons (Fsp3) is 0.444. The van der Waals surface area contributed by atoms with Crippen LogP contribution in [-0.2, 0) is 0 Å². The highest BCUT2D eigenvalue weighted by atomic mass is 16.5. The maximum absolute atomic E-state index is 12.6. The number of pyridine rings is 1. The summed E-state index contributed by atoms with van der Waals surface area (Å²) in [6.07, 6.45) is 7.81. The van der Waals surface area contributed by atoms with E-state index in [-0.39, 0.29) is 23.5 Å². The van der Waals surface area contributed by atoms with Crippen LogP contribution in [0.15, 0.2) is 30.7 Å². The van der Waals surface area contributed by atoms with Crippen LogP contribution in [0.5, 0.6) is 5.75 Å². The molecule has 1 atom stereocenters. The molecule has 2 aliphatic heterocycles. The molecule has 0 spiro atoms. The Bertz CT molecular complexity index is 793. The van der Waals surface area contributed by atoms with E-state index >= 15 is 0 Å². The largest absolute Gasteiger partial charge is 0.485 e. The van der Waals surface area contributed by atoms with E-state index in [9.17, 15) is 4.79 Å². The second kappa shape index (κ2) is 7.15. The van der Waals surface area contributed by atoms with Gasteiger partial charge in [-0.05, 0) is 25.0 Å². The number of hydrogen-bond acceptors (Lipinski definition) is 7. The zero-order valence-electron chi connectivity index (χ0n) is 14.5. The number of carbonyl (C=O) groups excluding carboxylic acids is 1. The number of anilines is 2. The van der Waals surface area contributed by atoms with Gasteiger partial charge < -0.3 is 20.3 Å². The Hall–Kier alpha value is -2.90. The third-order valence-electron chi connectivity index (χ3n) is 4.81. The smallest absolute Gasteiger partial charge is 0.276 e. The zero-order valence-corrected chi connectivity index (χ0v) is 14.5. The molecule has 2 N–H and O–H groups in total. The predicted molar refractivity (Wildman–Crippen MR) is 97.1 cm³/mol. The average Bonchev–Trinajstić information content (AvgIpc) is 3.34. The van der Waals surface area contributed by atoms with Crippen LogP contribution in [0, 0.1) is 0 Å². The van der Waals surface area contributed by atoms with Crippen molar-refractivity contribution in [1.29, 1.82) is 0 Å². The summed E-state index contributed by atoms with van der Waals surface area (Å²) in [6.45, 7) is 3.13. The Kier molecular flexibility index (Phi) is 4.55. The molecule has 8 heteroatoms. The normalized spacial score (nSPS) is 19.8. The molecule has 2 aromatic rings. The molecule has 0 saturated carbocycles. The molecule has 2 fully saturated rings. The van der Waals surface area contributed by atoms with Crippen LogP contribution in [0.25, 0.3) is 0 Å². The lowest BCUT2D eigenvalue weighted by atomic mass is 10.3. The Labute approximate surface area is 152 Å². The highest BCUT2D eigenvalue weighted by Gasteiger charge is 2.31. The molecule has 2 aromatic heterocycles. The van der Waals surface area contributed by atoms with Gasteiger partial charge in [0.1, 0.15) is 6.10 Å². The third kappa shape index (κ3) is 3.26. The van der Waals surface area contributed by atoms with Crippen molar-refractivity contribution in [2.45, 2.75) is 25.4 Å². The van der Waals surface area contributed by atoms with E-state index in [4.69, 9.17) is 10.5 Å². The number of aromatic nitrogens is 3. The van der Waals surface area contributed by atoms with Crippen LogP contribution >= 0.6 is 0 Å². The number of ether oxygens (including phenoxy) is 1. The van der Waals surface area contributed by atoms with Crippen LogP contribution in [0.2, 0.25) is 0 Å². The molecule has 1 amide bonds. The van der Waals surface area contributed by atoms with Crippen molar-refractivity contribution in [2.24, 2.45) is 0 Å².